The average Bonchev–Trinajstić information content (AvgIpc) is 2.67. The number of ether oxygens (including phenoxy) is 4. The summed E-state index contributed by atoms with van der Waals surface area (Å²) in [6.07, 6.45) is -5.54. The van der Waals surface area contributed by atoms with E-state index in [1.54, 1.807) is 0 Å². The minimum absolute atomic E-state index is 0.0119. The average molecular weight is 366 g/mol. The maximum Gasteiger partial charge on any atom is 0.340 e. The van der Waals surface area contributed by atoms with Crippen LogP contribution in [0.3, 0.4) is 0 Å². The summed E-state index contributed by atoms with van der Waals surface area (Å²) in [6.45, 7) is 0. The quantitative estimate of drug-likeness (QED) is 0.700. The monoisotopic (exact) mass is 366 g/mol. The Labute approximate surface area is 148 Å². The SMILES string of the molecule is COc1ccc(C(=O)O[C@@H](F)[C@@H](F)OC(=O)c2ccc(OC)cc2)cc1. The highest BCUT2D eigenvalue weighted by atomic mass is 19.2. The van der Waals surface area contributed by atoms with Crippen LogP contribution in [0.5, 0.6) is 11.5 Å². The second-order valence-corrected chi connectivity index (χ2v) is 4.97. The molecule has 26 heavy (non-hydrogen) atoms. The van der Waals surface area contributed by atoms with Crippen LogP contribution in [0.15, 0.2) is 48.5 Å². The van der Waals surface area contributed by atoms with Crippen molar-refractivity contribution in [3.63, 3.8) is 0 Å². The second kappa shape index (κ2) is 8.80. The van der Waals surface area contributed by atoms with Crippen molar-refractivity contribution in [1.82, 2.24) is 0 Å². The number of hydrogen-bond acceptors (Lipinski definition) is 6. The lowest BCUT2D eigenvalue weighted by molar-refractivity contribution is -0.139. The van der Waals surface area contributed by atoms with Crippen LogP contribution in [-0.2, 0) is 9.47 Å². The zero-order valence-electron chi connectivity index (χ0n) is 14.0. The van der Waals surface area contributed by atoms with Gasteiger partial charge in [-0.2, -0.15) is 8.78 Å². The Balaban J connectivity index is 1.91. The number of carbonyl (C=O) groups is 2. The van der Waals surface area contributed by atoms with Crippen molar-refractivity contribution < 1.29 is 37.3 Å². The van der Waals surface area contributed by atoms with E-state index >= 15 is 0 Å². The highest BCUT2D eigenvalue weighted by molar-refractivity contribution is 5.90. The Hall–Kier alpha value is -3.16. The van der Waals surface area contributed by atoms with Gasteiger partial charge in [0.25, 0.3) is 0 Å². The molecular formula is C18H16F2O6. The normalized spacial score (nSPS) is 12.6. The molecule has 2 aromatic rings. The van der Waals surface area contributed by atoms with Gasteiger partial charge < -0.3 is 18.9 Å². The van der Waals surface area contributed by atoms with E-state index in [9.17, 15) is 18.4 Å². The van der Waals surface area contributed by atoms with Crippen molar-refractivity contribution in [2.75, 3.05) is 14.2 Å². The number of methoxy groups -OCH3 is 2. The Kier molecular flexibility index (Phi) is 6.48. The molecule has 0 aliphatic carbocycles. The molecule has 0 unspecified atom stereocenters. The zero-order chi connectivity index (χ0) is 19.1. The van der Waals surface area contributed by atoms with Gasteiger partial charge in [-0.3, -0.25) is 0 Å². The van der Waals surface area contributed by atoms with Crippen molar-refractivity contribution in [3.05, 3.63) is 59.7 Å². The summed E-state index contributed by atoms with van der Waals surface area (Å²) >= 11 is 0. The largest absolute Gasteiger partial charge is 0.497 e. The van der Waals surface area contributed by atoms with Gasteiger partial charge in [0.2, 0.25) is 0 Å². The maximum absolute atomic E-state index is 13.7. The summed E-state index contributed by atoms with van der Waals surface area (Å²) in [4.78, 5) is 23.5. The van der Waals surface area contributed by atoms with Gasteiger partial charge in [-0.1, -0.05) is 0 Å². The molecule has 2 rings (SSSR count). The van der Waals surface area contributed by atoms with Crippen LogP contribution in [0, 0.1) is 0 Å². The van der Waals surface area contributed by atoms with Gasteiger partial charge in [-0.05, 0) is 48.5 Å². The fourth-order valence-corrected chi connectivity index (χ4v) is 1.90. The molecule has 6 nitrogen and oxygen atoms in total. The standard InChI is InChI=1S/C18H16F2O6/c1-23-13-7-3-11(4-8-13)17(21)25-15(19)16(20)26-18(22)12-5-9-14(24-2)10-6-12/h3-10,15-16H,1-2H3/t15-,16+. The first-order valence-electron chi connectivity index (χ1n) is 7.43. The third-order valence-corrected chi connectivity index (χ3v) is 3.30. The van der Waals surface area contributed by atoms with E-state index in [0.29, 0.717) is 11.5 Å². The summed E-state index contributed by atoms with van der Waals surface area (Å²) in [5, 5.41) is 0. The van der Waals surface area contributed by atoms with Crippen LogP contribution in [0.2, 0.25) is 0 Å². The smallest absolute Gasteiger partial charge is 0.340 e. The van der Waals surface area contributed by atoms with E-state index in [0.717, 1.165) is 0 Å². The summed E-state index contributed by atoms with van der Waals surface area (Å²) in [6, 6.07) is 11.1. The molecular weight excluding hydrogens is 350 g/mol. The molecule has 0 heterocycles. The number of esters is 2. The Morgan fingerprint density at radius 2 is 1.00 bits per heavy atom. The second-order valence-electron chi connectivity index (χ2n) is 4.97. The number of benzene rings is 2. The first kappa shape index (κ1) is 19.2. The van der Waals surface area contributed by atoms with Gasteiger partial charge >= 0.3 is 24.7 Å². The number of hydrogen-bond donors (Lipinski definition) is 0. The predicted octanol–water partition coefficient (Wildman–Crippen LogP) is 3.31. The topological polar surface area (TPSA) is 71.1 Å². The summed E-state index contributed by atoms with van der Waals surface area (Å²) in [5.41, 5.74) is -0.0238. The van der Waals surface area contributed by atoms with Gasteiger partial charge in [0.1, 0.15) is 11.5 Å². The van der Waals surface area contributed by atoms with Gasteiger partial charge in [-0.25, -0.2) is 9.59 Å². The third-order valence-electron chi connectivity index (χ3n) is 3.30. The molecule has 8 heteroatoms. The number of alkyl halides is 2. The van der Waals surface area contributed by atoms with E-state index in [4.69, 9.17) is 9.47 Å². The molecule has 2 atom stereocenters. The molecule has 0 spiro atoms. The number of halogens is 2. The molecule has 0 saturated heterocycles. The van der Waals surface area contributed by atoms with Gasteiger partial charge in [-0.15, -0.1) is 0 Å². The summed E-state index contributed by atoms with van der Waals surface area (Å²) in [7, 11) is 2.88. The zero-order valence-corrected chi connectivity index (χ0v) is 14.0. The third kappa shape index (κ3) is 4.92. The van der Waals surface area contributed by atoms with Gasteiger partial charge in [0.15, 0.2) is 0 Å². The van der Waals surface area contributed by atoms with Crippen molar-refractivity contribution in [2.24, 2.45) is 0 Å². The first-order chi connectivity index (χ1) is 12.4. The first-order valence-corrected chi connectivity index (χ1v) is 7.43. The van der Waals surface area contributed by atoms with E-state index in [1.807, 2.05) is 0 Å². The molecule has 0 N–H and O–H groups in total. The van der Waals surface area contributed by atoms with Crippen molar-refractivity contribution in [1.29, 1.82) is 0 Å². The van der Waals surface area contributed by atoms with E-state index in [-0.39, 0.29) is 11.1 Å². The van der Waals surface area contributed by atoms with Crippen molar-refractivity contribution >= 4 is 11.9 Å². The van der Waals surface area contributed by atoms with Gasteiger partial charge in [0.05, 0.1) is 25.3 Å². The lowest BCUT2D eigenvalue weighted by Gasteiger charge is -2.15. The van der Waals surface area contributed by atoms with Gasteiger partial charge in [0, 0.05) is 0 Å². The Bertz CT molecular complexity index is 680. The number of rotatable bonds is 7. The lowest BCUT2D eigenvalue weighted by atomic mass is 10.2. The highest BCUT2D eigenvalue weighted by Crippen LogP contribution is 2.17. The molecule has 0 fully saturated rings. The van der Waals surface area contributed by atoms with Crippen LogP contribution < -0.4 is 9.47 Å². The Morgan fingerprint density at radius 3 is 1.27 bits per heavy atom. The molecule has 138 valence electrons. The Morgan fingerprint density at radius 1 is 0.692 bits per heavy atom. The fraction of sp³-hybridized carbons (Fsp3) is 0.222. The fourth-order valence-electron chi connectivity index (χ4n) is 1.90. The van der Waals surface area contributed by atoms with E-state index < -0.39 is 24.7 Å². The molecule has 0 saturated carbocycles. The molecule has 0 aromatic heterocycles. The molecule has 0 radical (unpaired) electrons. The summed E-state index contributed by atoms with van der Waals surface area (Å²) in [5.74, 6) is -1.25. The molecule has 0 amide bonds. The summed E-state index contributed by atoms with van der Waals surface area (Å²) < 4.78 is 46.0. The van der Waals surface area contributed by atoms with E-state index in [1.165, 1.54) is 62.8 Å². The van der Waals surface area contributed by atoms with E-state index in [2.05, 4.69) is 9.47 Å². The highest BCUT2D eigenvalue weighted by Gasteiger charge is 2.29. The minimum atomic E-state index is -2.77. The van der Waals surface area contributed by atoms with Crippen LogP contribution in [0.4, 0.5) is 8.78 Å². The molecule has 0 aliphatic rings. The van der Waals surface area contributed by atoms with Crippen molar-refractivity contribution in [3.8, 4) is 11.5 Å². The van der Waals surface area contributed by atoms with Crippen LogP contribution in [-0.4, -0.2) is 38.9 Å². The predicted molar refractivity (Wildman–Crippen MR) is 86.6 cm³/mol. The number of carbonyl (C=O) groups excluding carboxylic acids is 2. The molecule has 0 aliphatic heterocycles. The lowest BCUT2D eigenvalue weighted by Crippen LogP contribution is -2.28. The van der Waals surface area contributed by atoms with Crippen LogP contribution >= 0.6 is 0 Å². The van der Waals surface area contributed by atoms with Crippen LogP contribution in [0.1, 0.15) is 20.7 Å². The molecule has 2 aromatic carbocycles. The van der Waals surface area contributed by atoms with Crippen molar-refractivity contribution in [2.45, 2.75) is 12.7 Å². The maximum atomic E-state index is 13.7. The van der Waals surface area contributed by atoms with Crippen LogP contribution in [0.25, 0.3) is 0 Å². The molecule has 0 bridgehead atoms. The minimum Gasteiger partial charge on any atom is -0.497 e.